The molecular weight excluding hydrogens is 432 g/mol. The van der Waals surface area contributed by atoms with E-state index in [-0.39, 0.29) is 11.4 Å². The van der Waals surface area contributed by atoms with E-state index in [1.807, 2.05) is 60.7 Å². The van der Waals surface area contributed by atoms with Crippen LogP contribution in [0.25, 0.3) is 0 Å². The number of aromatic nitrogens is 6. The van der Waals surface area contributed by atoms with E-state index in [1.54, 1.807) is 32.7 Å². The van der Waals surface area contributed by atoms with Gasteiger partial charge in [-0.1, -0.05) is 84.2 Å². The van der Waals surface area contributed by atoms with E-state index >= 15 is 0 Å². The number of aromatic amines is 2. The van der Waals surface area contributed by atoms with Gasteiger partial charge in [0.15, 0.2) is 10.3 Å². The molecule has 160 valence electrons. The molecule has 0 atom stereocenters. The van der Waals surface area contributed by atoms with Crippen molar-refractivity contribution in [1.29, 1.82) is 0 Å². The van der Waals surface area contributed by atoms with E-state index < -0.39 is 0 Å². The molecule has 10 heteroatoms. The standard InChI is InChI=1S/C21H22N6O2S2/c28-18-22-24-20(26(18)14-16-8-3-1-4-9-16)30-12-7-13-31-21-25-23-19(29)27(21)15-17-10-5-2-6-11-17/h1-6,8-11H,7,12-15H2,(H,22,28)(H,23,29). The second-order valence-electron chi connectivity index (χ2n) is 6.82. The van der Waals surface area contributed by atoms with E-state index in [2.05, 4.69) is 20.4 Å². The van der Waals surface area contributed by atoms with Crippen molar-refractivity contribution in [2.45, 2.75) is 29.8 Å². The Bertz CT molecular complexity index is 1120. The van der Waals surface area contributed by atoms with Crippen LogP contribution in [0.5, 0.6) is 0 Å². The third-order valence-corrected chi connectivity index (χ3v) is 6.69. The highest BCUT2D eigenvalue weighted by Crippen LogP contribution is 2.20. The van der Waals surface area contributed by atoms with Gasteiger partial charge in [0.2, 0.25) is 0 Å². The Morgan fingerprint density at radius 1 is 0.677 bits per heavy atom. The summed E-state index contributed by atoms with van der Waals surface area (Å²) in [5.74, 6) is 1.61. The Kier molecular flexibility index (Phi) is 7.11. The van der Waals surface area contributed by atoms with Gasteiger partial charge in [0.25, 0.3) is 0 Å². The number of hydrogen-bond acceptors (Lipinski definition) is 6. The van der Waals surface area contributed by atoms with Crippen molar-refractivity contribution in [1.82, 2.24) is 29.5 Å². The van der Waals surface area contributed by atoms with Crippen molar-refractivity contribution >= 4 is 23.5 Å². The summed E-state index contributed by atoms with van der Waals surface area (Å²) in [4.78, 5) is 24.2. The highest BCUT2D eigenvalue weighted by Gasteiger charge is 2.11. The maximum absolute atomic E-state index is 12.1. The van der Waals surface area contributed by atoms with Crippen LogP contribution in [-0.2, 0) is 13.1 Å². The summed E-state index contributed by atoms with van der Waals surface area (Å²) in [6.07, 6.45) is 0.883. The molecule has 0 unspecified atom stereocenters. The van der Waals surface area contributed by atoms with Crippen LogP contribution in [0.2, 0.25) is 0 Å². The fourth-order valence-electron chi connectivity index (χ4n) is 3.02. The molecule has 0 aliphatic carbocycles. The van der Waals surface area contributed by atoms with Crippen LogP contribution in [-0.4, -0.2) is 41.0 Å². The van der Waals surface area contributed by atoms with Gasteiger partial charge in [-0.05, 0) is 17.5 Å². The molecule has 0 bridgehead atoms. The average molecular weight is 455 g/mol. The summed E-state index contributed by atoms with van der Waals surface area (Å²) in [5.41, 5.74) is 1.70. The van der Waals surface area contributed by atoms with Gasteiger partial charge in [-0.15, -0.1) is 10.2 Å². The minimum atomic E-state index is -0.206. The van der Waals surface area contributed by atoms with Gasteiger partial charge < -0.3 is 0 Å². The summed E-state index contributed by atoms with van der Waals surface area (Å²) in [5, 5.41) is 14.7. The summed E-state index contributed by atoms with van der Waals surface area (Å²) in [6, 6.07) is 19.7. The van der Waals surface area contributed by atoms with Gasteiger partial charge in [-0.3, -0.25) is 9.13 Å². The number of H-pyrrole nitrogens is 2. The Morgan fingerprint density at radius 2 is 1.10 bits per heavy atom. The Balaban J connectivity index is 1.29. The van der Waals surface area contributed by atoms with Crippen molar-refractivity contribution in [2.75, 3.05) is 11.5 Å². The van der Waals surface area contributed by atoms with Crippen molar-refractivity contribution in [3.8, 4) is 0 Å². The van der Waals surface area contributed by atoms with Crippen LogP contribution in [0.4, 0.5) is 0 Å². The predicted octanol–water partition coefficient (Wildman–Crippen LogP) is 2.83. The first kappa shape index (κ1) is 21.3. The van der Waals surface area contributed by atoms with E-state index in [4.69, 9.17) is 0 Å². The molecule has 4 rings (SSSR count). The first-order valence-electron chi connectivity index (χ1n) is 9.84. The van der Waals surface area contributed by atoms with Crippen LogP contribution in [0, 0.1) is 0 Å². The van der Waals surface area contributed by atoms with Gasteiger partial charge in [-0.2, -0.15) is 0 Å². The quantitative estimate of drug-likeness (QED) is 0.282. The lowest BCUT2D eigenvalue weighted by molar-refractivity contribution is 0.686. The second-order valence-corrected chi connectivity index (χ2v) is 8.94. The first-order chi connectivity index (χ1) is 15.2. The number of thioether (sulfide) groups is 2. The molecule has 0 aliphatic rings. The molecule has 0 saturated carbocycles. The van der Waals surface area contributed by atoms with Crippen molar-refractivity contribution < 1.29 is 0 Å². The van der Waals surface area contributed by atoms with E-state index in [1.165, 1.54) is 0 Å². The average Bonchev–Trinajstić information content (AvgIpc) is 3.32. The van der Waals surface area contributed by atoms with E-state index in [9.17, 15) is 9.59 Å². The zero-order valence-electron chi connectivity index (χ0n) is 16.7. The Labute approximate surface area is 187 Å². The number of benzene rings is 2. The fourth-order valence-corrected chi connectivity index (χ4v) is 4.98. The summed E-state index contributed by atoms with van der Waals surface area (Å²) < 4.78 is 3.30. The molecule has 2 aromatic carbocycles. The zero-order valence-corrected chi connectivity index (χ0v) is 18.4. The lowest BCUT2D eigenvalue weighted by Crippen LogP contribution is -2.18. The smallest absolute Gasteiger partial charge is 0.266 e. The molecule has 2 heterocycles. The SMILES string of the molecule is O=c1[nH]nc(SCCCSc2n[nH]c(=O)n2Cc2ccccc2)n1Cc1ccccc1. The van der Waals surface area contributed by atoms with Gasteiger partial charge >= 0.3 is 11.4 Å². The van der Waals surface area contributed by atoms with Crippen molar-refractivity contribution in [2.24, 2.45) is 0 Å². The second kappa shape index (κ2) is 10.4. The monoisotopic (exact) mass is 454 g/mol. The fraction of sp³-hybridized carbons (Fsp3) is 0.238. The topological polar surface area (TPSA) is 101 Å². The van der Waals surface area contributed by atoms with Crippen LogP contribution < -0.4 is 11.4 Å². The molecule has 4 aromatic rings. The van der Waals surface area contributed by atoms with E-state index in [0.29, 0.717) is 23.4 Å². The Morgan fingerprint density at radius 3 is 1.52 bits per heavy atom. The third-order valence-electron chi connectivity index (χ3n) is 4.56. The maximum Gasteiger partial charge on any atom is 0.344 e. The normalized spacial score (nSPS) is 11.1. The molecular formula is C21H22N6O2S2. The van der Waals surface area contributed by atoms with Gasteiger partial charge in [-0.25, -0.2) is 19.8 Å². The number of hydrogen-bond donors (Lipinski definition) is 2. The first-order valence-corrected chi connectivity index (χ1v) is 11.8. The van der Waals surface area contributed by atoms with Crippen molar-refractivity contribution in [3.63, 3.8) is 0 Å². The molecule has 8 nitrogen and oxygen atoms in total. The van der Waals surface area contributed by atoms with Gasteiger partial charge in [0.05, 0.1) is 13.1 Å². The van der Waals surface area contributed by atoms with Gasteiger partial charge in [0, 0.05) is 11.5 Å². The molecule has 2 N–H and O–H groups in total. The number of nitrogens with one attached hydrogen (secondary N) is 2. The maximum atomic E-state index is 12.1. The lowest BCUT2D eigenvalue weighted by atomic mass is 10.2. The molecule has 0 fully saturated rings. The minimum absolute atomic E-state index is 0.206. The molecule has 31 heavy (non-hydrogen) atoms. The summed E-state index contributed by atoms with van der Waals surface area (Å²) in [6.45, 7) is 0.985. The summed E-state index contributed by atoms with van der Waals surface area (Å²) in [7, 11) is 0. The van der Waals surface area contributed by atoms with Crippen LogP contribution >= 0.6 is 23.5 Å². The van der Waals surface area contributed by atoms with Crippen LogP contribution in [0.3, 0.4) is 0 Å². The molecule has 0 saturated heterocycles. The molecule has 0 spiro atoms. The predicted molar refractivity (Wildman–Crippen MR) is 123 cm³/mol. The third kappa shape index (κ3) is 5.59. The Hall–Kier alpha value is -2.98. The number of nitrogens with zero attached hydrogens (tertiary/aromatic N) is 4. The number of rotatable bonds is 10. The van der Waals surface area contributed by atoms with Crippen molar-refractivity contribution in [3.05, 3.63) is 92.8 Å². The van der Waals surface area contributed by atoms with Crippen LogP contribution in [0.1, 0.15) is 17.5 Å². The largest absolute Gasteiger partial charge is 0.344 e. The molecule has 0 aliphatic heterocycles. The molecule has 2 aromatic heterocycles. The summed E-state index contributed by atoms with van der Waals surface area (Å²) >= 11 is 3.09. The van der Waals surface area contributed by atoms with E-state index in [0.717, 1.165) is 29.1 Å². The molecule has 0 radical (unpaired) electrons. The zero-order chi connectivity index (χ0) is 21.5. The highest BCUT2D eigenvalue weighted by atomic mass is 32.2. The minimum Gasteiger partial charge on any atom is -0.266 e. The highest BCUT2D eigenvalue weighted by molar-refractivity contribution is 8.00. The van der Waals surface area contributed by atoms with Crippen LogP contribution in [0.15, 0.2) is 80.6 Å². The molecule has 0 amide bonds. The lowest BCUT2D eigenvalue weighted by Gasteiger charge is -2.06. The van der Waals surface area contributed by atoms with Gasteiger partial charge in [0.1, 0.15) is 0 Å².